The largest absolute Gasteiger partial charge is 0.440 e. The minimum atomic E-state index is 0.542. The van der Waals surface area contributed by atoms with Crippen molar-refractivity contribution in [1.82, 2.24) is 9.97 Å². The van der Waals surface area contributed by atoms with Crippen molar-refractivity contribution >= 4 is 39.2 Å². The maximum atomic E-state index is 5.88. The number of anilines is 1. The summed E-state index contributed by atoms with van der Waals surface area (Å²) >= 11 is 7.29. The van der Waals surface area contributed by atoms with E-state index in [1.165, 1.54) is 11.3 Å². The topological polar surface area (TPSA) is 64.9 Å². The molecule has 0 saturated carbocycles. The maximum Gasteiger partial charge on any atom is 0.201 e. The van der Waals surface area contributed by atoms with Crippen LogP contribution in [0.4, 0.5) is 5.13 Å². The van der Waals surface area contributed by atoms with Gasteiger partial charge in [0.05, 0.1) is 12.1 Å². The SMILES string of the molecule is Nc1nc(Cc2nc3cc(Cl)ccc3o2)cs1. The molecule has 3 rings (SSSR count). The fraction of sp³-hybridized carbons (Fsp3) is 0.0909. The Kier molecular flexibility index (Phi) is 2.49. The molecule has 0 bridgehead atoms. The van der Waals surface area contributed by atoms with E-state index in [9.17, 15) is 0 Å². The molecule has 17 heavy (non-hydrogen) atoms. The molecule has 0 amide bonds. The third-order valence-electron chi connectivity index (χ3n) is 2.30. The quantitative estimate of drug-likeness (QED) is 0.773. The first-order valence-electron chi connectivity index (χ1n) is 4.95. The van der Waals surface area contributed by atoms with Crippen molar-refractivity contribution in [1.29, 1.82) is 0 Å². The van der Waals surface area contributed by atoms with Crippen molar-refractivity contribution in [2.75, 3.05) is 5.73 Å². The molecule has 0 aliphatic carbocycles. The summed E-state index contributed by atoms with van der Waals surface area (Å²) in [4.78, 5) is 8.51. The fourth-order valence-electron chi connectivity index (χ4n) is 1.58. The summed E-state index contributed by atoms with van der Waals surface area (Å²) in [5, 5.41) is 3.10. The van der Waals surface area contributed by atoms with Crippen LogP contribution < -0.4 is 5.73 Å². The van der Waals surface area contributed by atoms with Crippen LogP contribution in [0.25, 0.3) is 11.1 Å². The first-order chi connectivity index (χ1) is 8.20. The molecule has 4 nitrogen and oxygen atoms in total. The van der Waals surface area contributed by atoms with Gasteiger partial charge in [-0.15, -0.1) is 11.3 Å². The van der Waals surface area contributed by atoms with Crippen LogP contribution in [0.1, 0.15) is 11.6 Å². The number of aromatic nitrogens is 2. The van der Waals surface area contributed by atoms with E-state index >= 15 is 0 Å². The lowest BCUT2D eigenvalue weighted by molar-refractivity contribution is 0.542. The maximum absolute atomic E-state index is 5.88. The number of benzene rings is 1. The Hall–Kier alpha value is -1.59. The van der Waals surface area contributed by atoms with Crippen LogP contribution in [0.15, 0.2) is 28.0 Å². The summed E-state index contributed by atoms with van der Waals surface area (Å²) in [6, 6.07) is 5.36. The van der Waals surface area contributed by atoms with Gasteiger partial charge in [0, 0.05) is 10.4 Å². The highest BCUT2D eigenvalue weighted by Crippen LogP contribution is 2.22. The van der Waals surface area contributed by atoms with E-state index in [0.717, 1.165) is 16.8 Å². The van der Waals surface area contributed by atoms with Gasteiger partial charge in [-0.2, -0.15) is 0 Å². The number of halogens is 1. The van der Waals surface area contributed by atoms with Crippen molar-refractivity contribution in [3.8, 4) is 0 Å². The van der Waals surface area contributed by atoms with Gasteiger partial charge in [0.2, 0.25) is 5.89 Å². The summed E-state index contributed by atoms with van der Waals surface area (Å²) in [5.74, 6) is 0.618. The van der Waals surface area contributed by atoms with Crippen LogP contribution in [0.5, 0.6) is 0 Å². The molecule has 2 aromatic heterocycles. The molecule has 0 saturated heterocycles. The molecule has 0 atom stereocenters. The summed E-state index contributed by atoms with van der Waals surface area (Å²) < 4.78 is 5.59. The van der Waals surface area contributed by atoms with Crippen molar-refractivity contribution in [2.45, 2.75) is 6.42 Å². The Labute approximate surface area is 106 Å². The molecule has 0 fully saturated rings. The number of fused-ring (bicyclic) bond motifs is 1. The lowest BCUT2D eigenvalue weighted by atomic mass is 10.3. The Morgan fingerprint density at radius 1 is 1.35 bits per heavy atom. The van der Waals surface area contributed by atoms with Crippen LogP contribution in [-0.4, -0.2) is 9.97 Å². The number of nitrogens with zero attached hydrogens (tertiary/aromatic N) is 2. The molecule has 2 N–H and O–H groups in total. The Morgan fingerprint density at radius 3 is 3.00 bits per heavy atom. The van der Waals surface area contributed by atoms with Crippen LogP contribution in [0.3, 0.4) is 0 Å². The van der Waals surface area contributed by atoms with E-state index in [4.69, 9.17) is 21.8 Å². The van der Waals surface area contributed by atoms with E-state index in [0.29, 0.717) is 22.5 Å². The molecule has 2 heterocycles. The normalized spacial score (nSPS) is 11.1. The highest BCUT2D eigenvalue weighted by atomic mass is 35.5. The van der Waals surface area contributed by atoms with Gasteiger partial charge in [0.25, 0.3) is 0 Å². The first kappa shape index (κ1) is 10.6. The first-order valence-corrected chi connectivity index (χ1v) is 6.21. The smallest absolute Gasteiger partial charge is 0.201 e. The second kappa shape index (κ2) is 4.01. The number of nitrogen functional groups attached to an aromatic ring is 1. The predicted octanol–water partition coefficient (Wildman–Crippen LogP) is 3.11. The highest BCUT2D eigenvalue weighted by molar-refractivity contribution is 7.13. The number of oxazole rings is 1. The van der Waals surface area contributed by atoms with Crippen molar-refractivity contribution in [3.05, 3.63) is 40.2 Å². The van der Waals surface area contributed by atoms with E-state index in [-0.39, 0.29) is 0 Å². The number of rotatable bonds is 2. The van der Waals surface area contributed by atoms with E-state index in [1.54, 1.807) is 12.1 Å². The summed E-state index contributed by atoms with van der Waals surface area (Å²) in [6.45, 7) is 0. The monoisotopic (exact) mass is 265 g/mol. The molecular formula is C11H8ClN3OS. The molecule has 3 aromatic rings. The van der Waals surface area contributed by atoms with Gasteiger partial charge >= 0.3 is 0 Å². The average molecular weight is 266 g/mol. The minimum Gasteiger partial charge on any atom is -0.440 e. The molecule has 0 aliphatic heterocycles. The van der Waals surface area contributed by atoms with Gasteiger partial charge in [-0.1, -0.05) is 11.6 Å². The predicted molar refractivity (Wildman–Crippen MR) is 68.4 cm³/mol. The lowest BCUT2D eigenvalue weighted by Crippen LogP contribution is -1.89. The third kappa shape index (κ3) is 2.11. The van der Waals surface area contributed by atoms with Crippen LogP contribution in [-0.2, 0) is 6.42 Å². The average Bonchev–Trinajstić information content (AvgIpc) is 2.84. The highest BCUT2D eigenvalue weighted by Gasteiger charge is 2.08. The zero-order chi connectivity index (χ0) is 11.8. The van der Waals surface area contributed by atoms with E-state index in [2.05, 4.69) is 9.97 Å². The van der Waals surface area contributed by atoms with E-state index < -0.39 is 0 Å². The molecule has 1 aromatic carbocycles. The zero-order valence-electron chi connectivity index (χ0n) is 8.68. The molecule has 0 radical (unpaired) electrons. The van der Waals surface area contributed by atoms with Crippen LogP contribution >= 0.6 is 22.9 Å². The molecule has 86 valence electrons. The summed E-state index contributed by atoms with van der Waals surface area (Å²) in [7, 11) is 0. The Bertz CT molecular complexity index is 676. The van der Waals surface area contributed by atoms with Gasteiger partial charge in [-0.05, 0) is 18.2 Å². The fourth-order valence-corrected chi connectivity index (χ4v) is 2.31. The van der Waals surface area contributed by atoms with Gasteiger partial charge in [-0.25, -0.2) is 9.97 Å². The summed E-state index contributed by atoms with van der Waals surface area (Å²) in [6.07, 6.45) is 0.542. The lowest BCUT2D eigenvalue weighted by Gasteiger charge is -1.88. The molecule has 0 spiro atoms. The van der Waals surface area contributed by atoms with Crippen molar-refractivity contribution in [2.24, 2.45) is 0 Å². The van der Waals surface area contributed by atoms with Crippen molar-refractivity contribution < 1.29 is 4.42 Å². The Morgan fingerprint density at radius 2 is 2.24 bits per heavy atom. The standard InChI is InChI=1S/C11H8ClN3OS/c12-6-1-2-9-8(3-6)15-10(16-9)4-7-5-17-11(13)14-7/h1-3,5H,4H2,(H2,13,14). The van der Waals surface area contributed by atoms with E-state index in [1.807, 2.05) is 11.4 Å². The molecule has 6 heteroatoms. The number of nitrogens with two attached hydrogens (primary N) is 1. The van der Waals surface area contributed by atoms with Crippen LogP contribution in [0.2, 0.25) is 5.02 Å². The van der Waals surface area contributed by atoms with Gasteiger partial charge in [0.1, 0.15) is 5.52 Å². The Balaban J connectivity index is 1.95. The van der Waals surface area contributed by atoms with Gasteiger partial charge in [0.15, 0.2) is 10.7 Å². The number of hydrogen-bond donors (Lipinski definition) is 1. The van der Waals surface area contributed by atoms with Crippen LogP contribution in [0, 0.1) is 0 Å². The molecule has 0 unspecified atom stereocenters. The number of hydrogen-bond acceptors (Lipinski definition) is 5. The van der Waals surface area contributed by atoms with Gasteiger partial charge in [-0.3, -0.25) is 0 Å². The minimum absolute atomic E-state index is 0.542. The second-order valence-corrected chi connectivity index (χ2v) is 4.90. The molecular weight excluding hydrogens is 258 g/mol. The number of thiazole rings is 1. The van der Waals surface area contributed by atoms with Gasteiger partial charge < -0.3 is 10.2 Å². The zero-order valence-corrected chi connectivity index (χ0v) is 10.3. The summed E-state index contributed by atoms with van der Waals surface area (Å²) in [5.41, 5.74) is 7.92. The third-order valence-corrected chi connectivity index (χ3v) is 3.25. The second-order valence-electron chi connectivity index (χ2n) is 3.57. The molecule has 0 aliphatic rings. The van der Waals surface area contributed by atoms with Crippen molar-refractivity contribution in [3.63, 3.8) is 0 Å².